The highest BCUT2D eigenvalue weighted by Gasteiger charge is 2.29. The van der Waals surface area contributed by atoms with Crippen molar-refractivity contribution in [2.24, 2.45) is 0 Å². The summed E-state index contributed by atoms with van der Waals surface area (Å²) in [5.74, 6) is 1.78. The van der Waals surface area contributed by atoms with E-state index in [2.05, 4.69) is 91.6 Å². The zero-order valence-electron chi connectivity index (χ0n) is 23.9. The minimum atomic E-state index is -0.206. The van der Waals surface area contributed by atoms with Gasteiger partial charge in [0.25, 0.3) is 0 Å². The molecule has 0 spiro atoms. The third-order valence-corrected chi connectivity index (χ3v) is 8.36. The topological polar surface area (TPSA) is 30.9 Å². The summed E-state index contributed by atoms with van der Waals surface area (Å²) in [6.07, 6.45) is 11.4. The van der Waals surface area contributed by atoms with Crippen molar-refractivity contribution in [3.05, 3.63) is 101 Å². The van der Waals surface area contributed by atoms with E-state index in [9.17, 15) is 0 Å². The molecule has 0 amide bonds. The van der Waals surface area contributed by atoms with Crippen molar-refractivity contribution in [1.29, 1.82) is 0 Å². The molecule has 40 heavy (non-hydrogen) atoms. The predicted octanol–water partition coefficient (Wildman–Crippen LogP) is 8.46. The summed E-state index contributed by atoms with van der Waals surface area (Å²) in [7, 11) is 0. The van der Waals surface area contributed by atoms with Crippen LogP contribution in [0.2, 0.25) is 0 Å². The monoisotopic (exact) mass is 535 g/mol. The van der Waals surface area contributed by atoms with Gasteiger partial charge in [-0.25, -0.2) is 0 Å². The zero-order chi connectivity index (χ0) is 27.3. The molecular weight excluding hydrogens is 494 g/mol. The number of ether oxygens (including phenoxy) is 3. The Hall–Kier alpha value is -3.34. The van der Waals surface area contributed by atoms with Gasteiger partial charge in [0.05, 0.1) is 6.61 Å². The number of aryl methyl sites for hydroxylation is 1. The first-order valence-electron chi connectivity index (χ1n) is 15.0. The standard InChI is InChI=1S/C36H41NO3/c1-26-14-19-33-32(24-26)27(2)35(30-11-8-12-31(25-30)39-34-13-4-7-23-38-34)36(40-33)29-17-15-28(16-18-29)10-9-22-37-20-5-3-6-21-37/h8-12,14-19,24-25,34,36H,3-7,13,20-23H2,1-2H3/b10-9-. The van der Waals surface area contributed by atoms with Gasteiger partial charge in [-0.2, -0.15) is 0 Å². The summed E-state index contributed by atoms with van der Waals surface area (Å²) in [4.78, 5) is 2.54. The lowest BCUT2D eigenvalue weighted by atomic mass is 9.85. The lowest BCUT2D eigenvalue weighted by Crippen LogP contribution is -2.29. The molecule has 0 bridgehead atoms. The molecule has 0 aliphatic carbocycles. The summed E-state index contributed by atoms with van der Waals surface area (Å²) in [6.45, 7) is 8.59. The van der Waals surface area contributed by atoms with Crippen LogP contribution in [0.3, 0.4) is 0 Å². The Labute approximate surface area is 239 Å². The van der Waals surface area contributed by atoms with Gasteiger partial charge in [-0.1, -0.05) is 66.6 Å². The maximum Gasteiger partial charge on any atom is 0.199 e. The van der Waals surface area contributed by atoms with Gasteiger partial charge >= 0.3 is 0 Å². The van der Waals surface area contributed by atoms with E-state index in [-0.39, 0.29) is 12.4 Å². The van der Waals surface area contributed by atoms with Gasteiger partial charge in [-0.05, 0) is 99.1 Å². The molecule has 3 aromatic carbocycles. The van der Waals surface area contributed by atoms with Gasteiger partial charge in [0.15, 0.2) is 6.29 Å². The van der Waals surface area contributed by atoms with Gasteiger partial charge in [0.2, 0.25) is 0 Å². The molecule has 3 aliphatic heterocycles. The SMILES string of the molecule is CC1=C(c2cccc(OC3CCCCO3)c2)C(c2ccc(/C=C\CN3CCCCC3)cc2)Oc2ccc(C)cc21. The number of hydrogen-bond acceptors (Lipinski definition) is 4. The zero-order valence-corrected chi connectivity index (χ0v) is 23.9. The van der Waals surface area contributed by atoms with Gasteiger partial charge in [-0.3, -0.25) is 4.90 Å². The van der Waals surface area contributed by atoms with E-state index in [1.807, 2.05) is 6.07 Å². The highest BCUT2D eigenvalue weighted by atomic mass is 16.7. The number of fused-ring (bicyclic) bond motifs is 1. The van der Waals surface area contributed by atoms with Crippen LogP contribution < -0.4 is 9.47 Å². The van der Waals surface area contributed by atoms with Crippen molar-refractivity contribution in [2.75, 3.05) is 26.2 Å². The van der Waals surface area contributed by atoms with E-state index in [0.717, 1.165) is 60.6 Å². The fraction of sp³-hybridized carbons (Fsp3) is 0.389. The molecule has 3 aromatic rings. The number of rotatable bonds is 7. The van der Waals surface area contributed by atoms with Crippen LogP contribution in [0.4, 0.5) is 0 Å². The molecule has 3 aliphatic rings. The van der Waals surface area contributed by atoms with E-state index in [1.54, 1.807) is 0 Å². The van der Waals surface area contributed by atoms with Gasteiger partial charge < -0.3 is 14.2 Å². The fourth-order valence-electron chi connectivity index (χ4n) is 6.12. The normalized spacial score (nSPS) is 21.8. The Morgan fingerprint density at radius 2 is 1.75 bits per heavy atom. The van der Waals surface area contributed by atoms with Crippen LogP contribution in [0.25, 0.3) is 17.2 Å². The largest absolute Gasteiger partial charge is 0.480 e. The summed E-state index contributed by atoms with van der Waals surface area (Å²) in [6, 6.07) is 23.7. The van der Waals surface area contributed by atoms with Crippen LogP contribution in [0.5, 0.6) is 11.5 Å². The van der Waals surface area contributed by atoms with E-state index >= 15 is 0 Å². The number of allylic oxidation sites excluding steroid dienone is 1. The van der Waals surface area contributed by atoms with Gasteiger partial charge in [0.1, 0.15) is 17.6 Å². The average molecular weight is 536 g/mol. The van der Waals surface area contributed by atoms with Crippen molar-refractivity contribution in [3.63, 3.8) is 0 Å². The second-order valence-electron chi connectivity index (χ2n) is 11.4. The highest BCUT2D eigenvalue weighted by Crippen LogP contribution is 2.47. The summed E-state index contributed by atoms with van der Waals surface area (Å²) in [5.41, 5.74) is 8.30. The number of hydrogen-bond donors (Lipinski definition) is 0. The third-order valence-electron chi connectivity index (χ3n) is 8.36. The lowest BCUT2D eigenvalue weighted by molar-refractivity contribution is -0.105. The van der Waals surface area contributed by atoms with E-state index in [4.69, 9.17) is 14.2 Å². The first-order chi connectivity index (χ1) is 19.6. The highest BCUT2D eigenvalue weighted by molar-refractivity contribution is 5.95. The molecule has 0 aromatic heterocycles. The number of piperidine rings is 1. The molecule has 6 rings (SSSR count). The van der Waals surface area contributed by atoms with Crippen LogP contribution in [0.15, 0.2) is 72.8 Å². The van der Waals surface area contributed by atoms with Gasteiger partial charge in [0, 0.05) is 24.1 Å². The van der Waals surface area contributed by atoms with Crippen molar-refractivity contribution < 1.29 is 14.2 Å². The Morgan fingerprint density at radius 3 is 2.55 bits per heavy atom. The summed E-state index contributed by atoms with van der Waals surface area (Å²) in [5, 5.41) is 0. The quantitative estimate of drug-likeness (QED) is 0.304. The van der Waals surface area contributed by atoms with Crippen molar-refractivity contribution in [1.82, 2.24) is 4.90 Å². The second-order valence-corrected chi connectivity index (χ2v) is 11.4. The van der Waals surface area contributed by atoms with E-state index < -0.39 is 0 Å². The molecule has 2 atom stereocenters. The predicted molar refractivity (Wildman–Crippen MR) is 163 cm³/mol. The van der Waals surface area contributed by atoms with Crippen LogP contribution in [-0.4, -0.2) is 37.4 Å². The summed E-state index contributed by atoms with van der Waals surface area (Å²) >= 11 is 0. The Bertz CT molecular complexity index is 1360. The van der Waals surface area contributed by atoms with Crippen LogP contribution in [-0.2, 0) is 4.74 Å². The smallest absolute Gasteiger partial charge is 0.199 e. The molecule has 2 fully saturated rings. The van der Waals surface area contributed by atoms with Crippen LogP contribution >= 0.6 is 0 Å². The van der Waals surface area contributed by atoms with E-state index in [0.29, 0.717) is 0 Å². The molecule has 0 radical (unpaired) electrons. The van der Waals surface area contributed by atoms with Gasteiger partial charge in [-0.15, -0.1) is 0 Å². The minimum Gasteiger partial charge on any atom is -0.480 e. The molecular formula is C36H41NO3. The van der Waals surface area contributed by atoms with E-state index in [1.165, 1.54) is 54.6 Å². The maximum atomic E-state index is 6.75. The molecule has 0 N–H and O–H groups in total. The number of nitrogens with zero attached hydrogens (tertiary/aromatic N) is 1. The lowest BCUT2D eigenvalue weighted by Gasteiger charge is -2.31. The Balaban J connectivity index is 1.28. The fourth-order valence-corrected chi connectivity index (χ4v) is 6.12. The Morgan fingerprint density at radius 1 is 0.900 bits per heavy atom. The number of likely N-dealkylation sites (tertiary alicyclic amines) is 1. The third kappa shape index (κ3) is 6.19. The van der Waals surface area contributed by atoms with Crippen molar-refractivity contribution >= 4 is 17.2 Å². The molecule has 0 saturated carbocycles. The maximum absolute atomic E-state index is 6.75. The van der Waals surface area contributed by atoms with Crippen LogP contribution in [0.1, 0.15) is 79.4 Å². The minimum absolute atomic E-state index is 0.170. The first-order valence-corrected chi connectivity index (χ1v) is 15.0. The number of benzene rings is 3. The molecule has 4 nitrogen and oxygen atoms in total. The molecule has 2 unspecified atom stereocenters. The second kappa shape index (κ2) is 12.4. The molecule has 2 saturated heterocycles. The Kier molecular flexibility index (Phi) is 8.36. The van der Waals surface area contributed by atoms with Crippen molar-refractivity contribution in [2.45, 2.75) is 64.8 Å². The average Bonchev–Trinajstić information content (AvgIpc) is 2.99. The van der Waals surface area contributed by atoms with Crippen LogP contribution in [0, 0.1) is 6.92 Å². The molecule has 4 heteroatoms. The summed E-state index contributed by atoms with van der Waals surface area (Å²) < 4.78 is 18.8. The first kappa shape index (κ1) is 26.9. The van der Waals surface area contributed by atoms with Crippen molar-refractivity contribution in [3.8, 4) is 11.5 Å². The molecule has 208 valence electrons. The molecule has 3 heterocycles.